The summed E-state index contributed by atoms with van der Waals surface area (Å²) in [5.41, 5.74) is 0.483. The third kappa shape index (κ3) is 4.17. The van der Waals surface area contributed by atoms with Crippen LogP contribution in [-0.2, 0) is 9.53 Å². The van der Waals surface area contributed by atoms with Crippen LogP contribution in [0.25, 0.3) is 0 Å². The van der Waals surface area contributed by atoms with E-state index in [0.717, 1.165) is 57.0 Å². The maximum atomic E-state index is 12.8. The molecular weight excluding hydrogens is 330 g/mol. The van der Waals surface area contributed by atoms with Crippen LogP contribution in [0.1, 0.15) is 70.9 Å². The van der Waals surface area contributed by atoms with E-state index >= 15 is 0 Å². The normalized spacial score (nSPS) is 21.0. The van der Waals surface area contributed by atoms with Gasteiger partial charge in [0.15, 0.2) is 0 Å². The lowest BCUT2D eigenvalue weighted by Gasteiger charge is -2.31. The molecule has 26 heavy (non-hydrogen) atoms. The Labute approximate surface area is 155 Å². The van der Waals surface area contributed by atoms with Crippen molar-refractivity contribution in [2.45, 2.75) is 77.0 Å². The zero-order valence-electron chi connectivity index (χ0n) is 16.0. The van der Waals surface area contributed by atoms with Gasteiger partial charge >= 0.3 is 6.09 Å². The highest BCUT2D eigenvalue weighted by molar-refractivity contribution is 5.87. The second-order valence-electron chi connectivity index (χ2n) is 8.24. The van der Waals surface area contributed by atoms with E-state index in [-0.39, 0.29) is 18.2 Å². The Balaban J connectivity index is 1.82. The first-order valence-electron chi connectivity index (χ1n) is 9.58. The van der Waals surface area contributed by atoms with Crippen molar-refractivity contribution in [2.75, 3.05) is 11.4 Å². The number of nitrogens with zero attached hydrogens (tertiary/aromatic N) is 3. The van der Waals surface area contributed by atoms with Gasteiger partial charge in [-0.15, -0.1) is 0 Å². The van der Waals surface area contributed by atoms with Gasteiger partial charge in [-0.2, -0.15) is 0 Å². The lowest BCUT2D eigenvalue weighted by molar-refractivity contribution is -0.118. The molecule has 2 heterocycles. The average Bonchev–Trinajstić information content (AvgIpc) is 3.25. The first-order chi connectivity index (χ1) is 12.4. The first-order valence-corrected chi connectivity index (χ1v) is 9.58. The minimum Gasteiger partial charge on any atom is -0.443 e. The minimum absolute atomic E-state index is 0.0931. The van der Waals surface area contributed by atoms with Gasteiger partial charge in [0.2, 0.25) is 6.41 Å². The summed E-state index contributed by atoms with van der Waals surface area (Å²) in [6.07, 6.45) is 8.55. The molecule has 0 aromatic carbocycles. The molecule has 3 rings (SSSR count). The number of aromatic nitrogens is 1. The molecule has 1 atom stereocenters. The van der Waals surface area contributed by atoms with E-state index in [9.17, 15) is 9.59 Å². The summed E-state index contributed by atoms with van der Waals surface area (Å²) < 4.78 is 5.62. The van der Waals surface area contributed by atoms with Crippen LogP contribution in [0.2, 0.25) is 0 Å². The molecule has 0 N–H and O–H groups in total. The quantitative estimate of drug-likeness (QED) is 0.761. The van der Waals surface area contributed by atoms with Gasteiger partial charge in [0, 0.05) is 18.8 Å². The molecule has 142 valence electrons. The monoisotopic (exact) mass is 359 g/mol. The van der Waals surface area contributed by atoms with Gasteiger partial charge in [-0.1, -0.05) is 18.9 Å². The summed E-state index contributed by atoms with van der Waals surface area (Å²) >= 11 is 0. The fourth-order valence-corrected chi connectivity index (χ4v) is 3.91. The number of pyridine rings is 1. The van der Waals surface area contributed by atoms with Crippen LogP contribution in [0.15, 0.2) is 18.3 Å². The summed E-state index contributed by atoms with van der Waals surface area (Å²) in [6.45, 7) is 6.43. The van der Waals surface area contributed by atoms with Gasteiger partial charge in [0.1, 0.15) is 11.4 Å². The molecular formula is C20H29N3O3. The van der Waals surface area contributed by atoms with E-state index in [1.54, 1.807) is 11.1 Å². The van der Waals surface area contributed by atoms with Crippen LogP contribution in [0, 0.1) is 0 Å². The number of anilines is 1. The molecule has 6 nitrogen and oxygen atoms in total. The molecule has 0 unspecified atom stereocenters. The molecule has 0 radical (unpaired) electrons. The van der Waals surface area contributed by atoms with Crippen molar-refractivity contribution in [3.8, 4) is 0 Å². The zero-order valence-corrected chi connectivity index (χ0v) is 16.0. The number of carbonyl (C=O) groups is 2. The highest BCUT2D eigenvalue weighted by Gasteiger charge is 2.33. The Morgan fingerprint density at radius 3 is 2.54 bits per heavy atom. The summed E-state index contributed by atoms with van der Waals surface area (Å²) in [5.74, 6) is 0.630. The predicted octanol–water partition coefficient (Wildman–Crippen LogP) is 4.06. The van der Waals surface area contributed by atoms with E-state index in [4.69, 9.17) is 4.74 Å². The molecule has 1 aliphatic heterocycles. The van der Waals surface area contributed by atoms with Crippen molar-refractivity contribution in [3.05, 3.63) is 23.9 Å². The summed E-state index contributed by atoms with van der Waals surface area (Å²) in [5, 5.41) is 0. The lowest BCUT2D eigenvalue weighted by Crippen LogP contribution is -2.43. The number of amides is 2. The predicted molar refractivity (Wildman–Crippen MR) is 100.0 cm³/mol. The highest BCUT2D eigenvalue weighted by Crippen LogP contribution is 2.33. The van der Waals surface area contributed by atoms with Crippen molar-refractivity contribution in [1.29, 1.82) is 0 Å². The maximum absolute atomic E-state index is 12.8. The van der Waals surface area contributed by atoms with Crippen LogP contribution in [0.4, 0.5) is 10.6 Å². The topological polar surface area (TPSA) is 62.7 Å². The van der Waals surface area contributed by atoms with Gasteiger partial charge in [-0.05, 0) is 58.1 Å². The summed E-state index contributed by atoms with van der Waals surface area (Å²) in [7, 11) is 0. The molecule has 1 aromatic heterocycles. The van der Waals surface area contributed by atoms with Gasteiger partial charge in [-0.25, -0.2) is 9.78 Å². The first kappa shape index (κ1) is 18.7. The number of carbonyl (C=O) groups excluding carboxylic acids is 2. The Morgan fingerprint density at radius 2 is 1.96 bits per heavy atom. The molecule has 1 saturated carbocycles. The zero-order chi connectivity index (χ0) is 18.7. The van der Waals surface area contributed by atoms with Crippen molar-refractivity contribution < 1.29 is 14.3 Å². The highest BCUT2D eigenvalue weighted by atomic mass is 16.6. The van der Waals surface area contributed by atoms with E-state index < -0.39 is 5.60 Å². The Bertz CT molecular complexity index is 633. The molecule has 0 bridgehead atoms. The van der Waals surface area contributed by atoms with Gasteiger partial charge in [0.25, 0.3) is 0 Å². The summed E-state index contributed by atoms with van der Waals surface area (Å²) in [4.78, 5) is 32.1. The lowest BCUT2D eigenvalue weighted by atomic mass is 10.1. The van der Waals surface area contributed by atoms with E-state index in [0.29, 0.717) is 5.82 Å². The number of ether oxygens (including phenoxy) is 1. The van der Waals surface area contributed by atoms with Crippen LogP contribution >= 0.6 is 0 Å². The van der Waals surface area contributed by atoms with E-state index in [1.165, 1.54) is 0 Å². The van der Waals surface area contributed by atoms with Crippen LogP contribution in [0.5, 0.6) is 0 Å². The number of rotatable bonds is 4. The molecule has 6 heteroatoms. The van der Waals surface area contributed by atoms with Crippen molar-refractivity contribution in [2.24, 2.45) is 0 Å². The second kappa shape index (κ2) is 7.64. The Morgan fingerprint density at radius 1 is 1.23 bits per heavy atom. The number of hydrogen-bond acceptors (Lipinski definition) is 4. The minimum atomic E-state index is -0.539. The maximum Gasteiger partial charge on any atom is 0.416 e. The molecule has 2 fully saturated rings. The molecule has 2 amide bonds. The van der Waals surface area contributed by atoms with Gasteiger partial charge in [0.05, 0.1) is 6.04 Å². The summed E-state index contributed by atoms with van der Waals surface area (Å²) in [6, 6.07) is 4.11. The number of hydrogen-bond donors (Lipinski definition) is 0. The van der Waals surface area contributed by atoms with Crippen LogP contribution in [-0.4, -0.2) is 40.6 Å². The fraction of sp³-hybridized carbons (Fsp3) is 0.650. The molecule has 1 aromatic rings. The SMILES string of the molecule is CC(C)(C)OC(=O)N(c1ccc([C@H]2CCCN2C=O)cn1)C1CCCC1. The number of likely N-dealkylation sites (tertiary alicyclic amines) is 1. The Hall–Kier alpha value is -2.11. The Kier molecular flexibility index (Phi) is 5.49. The van der Waals surface area contributed by atoms with Crippen LogP contribution < -0.4 is 4.90 Å². The molecule has 1 aliphatic carbocycles. The third-order valence-corrected chi connectivity index (χ3v) is 5.11. The molecule has 1 saturated heterocycles. The largest absolute Gasteiger partial charge is 0.443 e. The van der Waals surface area contributed by atoms with Gasteiger partial charge in [-0.3, -0.25) is 9.69 Å². The van der Waals surface area contributed by atoms with Crippen molar-refractivity contribution >= 4 is 18.3 Å². The van der Waals surface area contributed by atoms with E-state index in [1.807, 2.05) is 37.8 Å². The molecule has 2 aliphatic rings. The smallest absolute Gasteiger partial charge is 0.416 e. The fourth-order valence-electron chi connectivity index (χ4n) is 3.91. The average molecular weight is 359 g/mol. The standard InChI is InChI=1S/C20H29N3O3/c1-20(2,3)26-19(25)23(16-7-4-5-8-16)18-11-10-15(13-21-18)17-9-6-12-22(17)14-24/h10-11,13-14,16-17H,4-9,12H2,1-3H3/t17-/m1/s1. The molecule has 0 spiro atoms. The van der Waals surface area contributed by atoms with Crippen molar-refractivity contribution in [1.82, 2.24) is 9.88 Å². The second-order valence-corrected chi connectivity index (χ2v) is 8.24. The van der Waals surface area contributed by atoms with Crippen LogP contribution in [0.3, 0.4) is 0 Å². The van der Waals surface area contributed by atoms with E-state index in [2.05, 4.69) is 4.98 Å². The van der Waals surface area contributed by atoms with Gasteiger partial charge < -0.3 is 9.64 Å². The van der Waals surface area contributed by atoms with Crippen molar-refractivity contribution in [3.63, 3.8) is 0 Å². The third-order valence-electron chi connectivity index (χ3n) is 5.11.